The summed E-state index contributed by atoms with van der Waals surface area (Å²) >= 11 is 0. The van der Waals surface area contributed by atoms with E-state index in [2.05, 4.69) is 5.32 Å². The molecule has 1 heterocycles. The van der Waals surface area contributed by atoms with Crippen molar-refractivity contribution in [1.29, 1.82) is 0 Å². The van der Waals surface area contributed by atoms with E-state index in [0.717, 1.165) is 12.0 Å². The van der Waals surface area contributed by atoms with E-state index >= 15 is 0 Å². The predicted molar refractivity (Wildman–Crippen MR) is 48.1 cm³/mol. The number of rotatable bonds is 3. The van der Waals surface area contributed by atoms with Crippen LogP contribution in [-0.2, 0) is 9.53 Å². The number of amides is 1. The topological polar surface area (TPSA) is 38.3 Å². The molecule has 1 saturated heterocycles. The van der Waals surface area contributed by atoms with Crippen LogP contribution in [0.4, 0.5) is 0 Å². The van der Waals surface area contributed by atoms with E-state index in [9.17, 15) is 4.79 Å². The van der Waals surface area contributed by atoms with Crippen LogP contribution in [0.15, 0.2) is 30.3 Å². The lowest BCUT2D eigenvalue weighted by Crippen LogP contribution is -2.47. The van der Waals surface area contributed by atoms with Crippen LogP contribution in [0.2, 0.25) is 0 Å². The lowest BCUT2D eigenvalue weighted by molar-refractivity contribution is -0.122. The molecule has 1 aromatic rings. The number of benzene rings is 1. The Morgan fingerprint density at radius 2 is 2.15 bits per heavy atom. The average Bonchev–Trinajstić information content (AvgIpc) is 2.14. The molecule has 68 valence electrons. The number of hydrogen-bond acceptors (Lipinski definition) is 2. The van der Waals surface area contributed by atoms with Gasteiger partial charge in [0.1, 0.15) is 6.10 Å². The molecular weight excluding hydrogens is 166 g/mol. The summed E-state index contributed by atoms with van der Waals surface area (Å²) < 4.78 is 5.36. The van der Waals surface area contributed by atoms with Gasteiger partial charge in [-0.1, -0.05) is 30.3 Å². The summed E-state index contributed by atoms with van der Waals surface area (Å²) in [7, 11) is 0. The van der Waals surface area contributed by atoms with E-state index in [1.807, 2.05) is 30.3 Å². The monoisotopic (exact) mass is 177 g/mol. The zero-order chi connectivity index (χ0) is 9.10. The average molecular weight is 177 g/mol. The highest BCUT2D eigenvalue weighted by atomic mass is 16.5. The predicted octanol–water partition coefficient (Wildman–Crippen LogP) is 0.872. The van der Waals surface area contributed by atoms with Crippen LogP contribution in [0.25, 0.3) is 0 Å². The molecule has 0 unspecified atom stereocenters. The van der Waals surface area contributed by atoms with Crippen molar-refractivity contribution in [3.63, 3.8) is 0 Å². The molecule has 1 aromatic carbocycles. The molecule has 0 aromatic heterocycles. The Labute approximate surface area is 76.7 Å². The van der Waals surface area contributed by atoms with Gasteiger partial charge in [-0.3, -0.25) is 4.79 Å². The first-order chi connectivity index (χ1) is 6.42. The first-order valence-electron chi connectivity index (χ1n) is 4.28. The SMILES string of the molecule is O=CN[C@@H]1CO[C@@H]1c1ccccc1. The Morgan fingerprint density at radius 1 is 1.38 bits per heavy atom. The smallest absolute Gasteiger partial charge is 0.207 e. The lowest BCUT2D eigenvalue weighted by atomic mass is 9.99. The van der Waals surface area contributed by atoms with Gasteiger partial charge in [-0.25, -0.2) is 0 Å². The third kappa shape index (κ3) is 1.55. The van der Waals surface area contributed by atoms with Gasteiger partial charge in [0.05, 0.1) is 12.6 Å². The molecule has 2 atom stereocenters. The first kappa shape index (κ1) is 8.26. The molecule has 1 N–H and O–H groups in total. The van der Waals surface area contributed by atoms with Gasteiger partial charge in [0.2, 0.25) is 6.41 Å². The van der Waals surface area contributed by atoms with E-state index in [1.54, 1.807) is 0 Å². The summed E-state index contributed by atoms with van der Waals surface area (Å²) in [4.78, 5) is 10.2. The second-order valence-corrected chi connectivity index (χ2v) is 3.06. The zero-order valence-corrected chi connectivity index (χ0v) is 7.14. The van der Waals surface area contributed by atoms with Crippen LogP contribution in [-0.4, -0.2) is 19.1 Å². The Balaban J connectivity index is 2.06. The van der Waals surface area contributed by atoms with Crippen molar-refractivity contribution in [2.24, 2.45) is 0 Å². The molecule has 3 nitrogen and oxygen atoms in total. The maximum Gasteiger partial charge on any atom is 0.207 e. The lowest BCUT2D eigenvalue weighted by Gasteiger charge is -2.36. The van der Waals surface area contributed by atoms with Gasteiger partial charge in [-0.05, 0) is 5.56 Å². The normalized spacial score (nSPS) is 26.2. The fraction of sp³-hybridized carbons (Fsp3) is 0.300. The van der Waals surface area contributed by atoms with Crippen LogP contribution < -0.4 is 5.32 Å². The minimum Gasteiger partial charge on any atom is -0.369 e. The summed E-state index contributed by atoms with van der Waals surface area (Å²) in [5.41, 5.74) is 1.12. The van der Waals surface area contributed by atoms with Crippen LogP contribution >= 0.6 is 0 Å². The fourth-order valence-electron chi connectivity index (χ4n) is 1.48. The van der Waals surface area contributed by atoms with Gasteiger partial charge in [0.25, 0.3) is 0 Å². The molecule has 13 heavy (non-hydrogen) atoms. The van der Waals surface area contributed by atoms with E-state index in [4.69, 9.17) is 4.74 Å². The van der Waals surface area contributed by atoms with Crippen molar-refractivity contribution in [3.8, 4) is 0 Å². The molecule has 0 bridgehead atoms. The molecular formula is C10H11NO2. The molecule has 1 aliphatic rings. The Bertz CT molecular complexity index is 286. The molecule has 0 saturated carbocycles. The van der Waals surface area contributed by atoms with Gasteiger partial charge in [0.15, 0.2) is 0 Å². The van der Waals surface area contributed by atoms with Crippen LogP contribution in [0, 0.1) is 0 Å². The van der Waals surface area contributed by atoms with Crippen molar-refractivity contribution in [3.05, 3.63) is 35.9 Å². The second kappa shape index (κ2) is 3.58. The zero-order valence-electron chi connectivity index (χ0n) is 7.14. The van der Waals surface area contributed by atoms with Crippen LogP contribution in [0.3, 0.4) is 0 Å². The third-order valence-electron chi connectivity index (χ3n) is 2.23. The van der Waals surface area contributed by atoms with Gasteiger partial charge < -0.3 is 10.1 Å². The van der Waals surface area contributed by atoms with Crippen molar-refractivity contribution in [1.82, 2.24) is 5.32 Å². The largest absolute Gasteiger partial charge is 0.369 e. The highest BCUT2D eigenvalue weighted by Gasteiger charge is 2.32. The molecule has 3 heteroatoms. The standard InChI is InChI=1S/C10H11NO2/c12-7-11-9-6-13-10(9)8-4-2-1-3-5-8/h1-5,7,9-10H,6H2,(H,11,12)/t9-,10-/m1/s1. The molecule has 0 aliphatic carbocycles. The maximum absolute atomic E-state index is 10.2. The summed E-state index contributed by atoms with van der Waals surface area (Å²) in [6.45, 7) is 0.609. The molecule has 1 aliphatic heterocycles. The number of nitrogens with one attached hydrogen (secondary N) is 1. The molecule has 0 spiro atoms. The summed E-state index contributed by atoms with van der Waals surface area (Å²) in [5.74, 6) is 0. The van der Waals surface area contributed by atoms with E-state index in [1.165, 1.54) is 0 Å². The van der Waals surface area contributed by atoms with Crippen molar-refractivity contribution in [2.75, 3.05) is 6.61 Å². The number of carbonyl (C=O) groups excluding carboxylic acids is 1. The van der Waals surface area contributed by atoms with E-state index in [0.29, 0.717) is 6.61 Å². The first-order valence-corrected chi connectivity index (χ1v) is 4.28. The van der Waals surface area contributed by atoms with Gasteiger partial charge >= 0.3 is 0 Å². The van der Waals surface area contributed by atoms with Crippen molar-refractivity contribution < 1.29 is 9.53 Å². The quantitative estimate of drug-likeness (QED) is 0.696. The van der Waals surface area contributed by atoms with Crippen LogP contribution in [0.5, 0.6) is 0 Å². The van der Waals surface area contributed by atoms with Crippen LogP contribution in [0.1, 0.15) is 11.7 Å². The Morgan fingerprint density at radius 3 is 2.69 bits per heavy atom. The van der Waals surface area contributed by atoms with Crippen molar-refractivity contribution >= 4 is 6.41 Å². The summed E-state index contributed by atoms with van der Waals surface area (Å²) in [5, 5.41) is 2.72. The molecule has 2 rings (SSSR count). The van der Waals surface area contributed by atoms with Gasteiger partial charge in [0, 0.05) is 0 Å². The molecule has 0 radical (unpaired) electrons. The van der Waals surface area contributed by atoms with E-state index < -0.39 is 0 Å². The third-order valence-corrected chi connectivity index (χ3v) is 2.23. The Hall–Kier alpha value is -1.35. The second-order valence-electron chi connectivity index (χ2n) is 3.06. The Kier molecular flexibility index (Phi) is 2.27. The minimum atomic E-state index is 0.0337. The van der Waals surface area contributed by atoms with Gasteiger partial charge in [-0.15, -0.1) is 0 Å². The van der Waals surface area contributed by atoms with Crippen molar-refractivity contribution in [2.45, 2.75) is 12.1 Å². The van der Waals surface area contributed by atoms with E-state index in [-0.39, 0.29) is 12.1 Å². The number of hydrogen-bond donors (Lipinski definition) is 1. The number of carbonyl (C=O) groups is 1. The summed E-state index contributed by atoms with van der Waals surface area (Å²) in [6.07, 6.45) is 0.759. The fourth-order valence-corrected chi connectivity index (χ4v) is 1.48. The number of ether oxygens (including phenoxy) is 1. The highest BCUT2D eigenvalue weighted by Crippen LogP contribution is 2.29. The summed E-state index contributed by atoms with van der Waals surface area (Å²) in [6, 6.07) is 10.0. The van der Waals surface area contributed by atoms with Gasteiger partial charge in [-0.2, -0.15) is 0 Å². The minimum absolute atomic E-state index is 0.0337. The highest BCUT2D eigenvalue weighted by molar-refractivity contribution is 5.47. The maximum atomic E-state index is 10.2. The molecule has 1 amide bonds. The molecule has 1 fully saturated rings.